The number of hydrogen-bond donors (Lipinski definition) is 2. The van der Waals surface area contributed by atoms with Crippen LogP contribution in [0.4, 0.5) is 4.79 Å². The third kappa shape index (κ3) is 1.66. The van der Waals surface area contributed by atoms with Gasteiger partial charge in [-0.25, -0.2) is 4.79 Å². The Balaban J connectivity index is 2.20. The minimum absolute atomic E-state index is 0.0430. The maximum absolute atomic E-state index is 11.3. The lowest BCUT2D eigenvalue weighted by Crippen LogP contribution is -2.22. The molecule has 2 aromatic carbocycles. The van der Waals surface area contributed by atoms with E-state index in [4.69, 9.17) is 4.74 Å². The molecule has 1 atom stereocenters. The van der Waals surface area contributed by atoms with Gasteiger partial charge in [0.2, 0.25) is 0 Å². The van der Waals surface area contributed by atoms with Crippen LogP contribution in [0, 0.1) is 0 Å². The fourth-order valence-electron chi connectivity index (χ4n) is 2.44. The quantitative estimate of drug-likeness (QED) is 0.848. The summed E-state index contributed by atoms with van der Waals surface area (Å²) >= 11 is 0. The van der Waals surface area contributed by atoms with Gasteiger partial charge in [-0.3, -0.25) is 0 Å². The number of carbonyl (C=O) groups excluding carboxylic acids is 1. The van der Waals surface area contributed by atoms with E-state index < -0.39 is 0 Å². The standard InChI is InChI=1S/C14H14N2O2/c1-18-12-7-6-9-4-2-3-5-10(9)13(12)11-8-15-14(17)16-11/h2-7,11H,8H2,1H3,(H2,15,16,17)/t11-/m0/s1. The summed E-state index contributed by atoms with van der Waals surface area (Å²) in [6.07, 6.45) is 0. The smallest absolute Gasteiger partial charge is 0.315 e. The third-order valence-electron chi connectivity index (χ3n) is 3.27. The van der Waals surface area contributed by atoms with Crippen LogP contribution in [0.1, 0.15) is 11.6 Å². The van der Waals surface area contributed by atoms with Gasteiger partial charge in [0.1, 0.15) is 5.75 Å². The molecule has 1 heterocycles. The van der Waals surface area contributed by atoms with Gasteiger partial charge < -0.3 is 15.4 Å². The zero-order chi connectivity index (χ0) is 12.5. The van der Waals surface area contributed by atoms with E-state index >= 15 is 0 Å². The van der Waals surface area contributed by atoms with Crippen molar-refractivity contribution in [2.24, 2.45) is 0 Å². The van der Waals surface area contributed by atoms with Crippen molar-refractivity contribution < 1.29 is 9.53 Å². The molecule has 4 nitrogen and oxygen atoms in total. The average Bonchev–Trinajstić information content (AvgIpc) is 2.83. The Morgan fingerprint density at radius 1 is 1.22 bits per heavy atom. The summed E-state index contributed by atoms with van der Waals surface area (Å²) < 4.78 is 5.42. The zero-order valence-corrected chi connectivity index (χ0v) is 10.1. The van der Waals surface area contributed by atoms with E-state index in [0.29, 0.717) is 6.54 Å². The van der Waals surface area contributed by atoms with E-state index in [2.05, 4.69) is 22.8 Å². The van der Waals surface area contributed by atoms with Crippen LogP contribution >= 0.6 is 0 Å². The molecule has 18 heavy (non-hydrogen) atoms. The largest absolute Gasteiger partial charge is 0.496 e. The topological polar surface area (TPSA) is 50.4 Å². The van der Waals surface area contributed by atoms with Crippen molar-refractivity contribution in [3.63, 3.8) is 0 Å². The Kier molecular flexibility index (Phi) is 2.55. The van der Waals surface area contributed by atoms with Crippen LogP contribution in [-0.4, -0.2) is 19.7 Å². The van der Waals surface area contributed by atoms with E-state index in [-0.39, 0.29) is 12.1 Å². The summed E-state index contributed by atoms with van der Waals surface area (Å²) in [5.74, 6) is 0.808. The molecule has 2 amide bonds. The van der Waals surface area contributed by atoms with Gasteiger partial charge in [-0.2, -0.15) is 0 Å². The molecule has 92 valence electrons. The first-order valence-corrected chi connectivity index (χ1v) is 5.89. The summed E-state index contributed by atoms with van der Waals surface area (Å²) in [5.41, 5.74) is 1.04. The molecule has 2 aromatic rings. The highest BCUT2D eigenvalue weighted by Gasteiger charge is 2.26. The van der Waals surface area contributed by atoms with Crippen LogP contribution in [-0.2, 0) is 0 Å². The number of rotatable bonds is 2. The normalized spacial score (nSPS) is 18.5. The van der Waals surface area contributed by atoms with Crippen molar-refractivity contribution >= 4 is 16.8 Å². The lowest BCUT2D eigenvalue weighted by Gasteiger charge is -2.16. The summed E-state index contributed by atoms with van der Waals surface area (Å²) in [6, 6.07) is 11.9. The number of benzene rings is 2. The zero-order valence-electron chi connectivity index (χ0n) is 10.1. The fraction of sp³-hybridized carbons (Fsp3) is 0.214. The molecule has 0 spiro atoms. The number of carbonyl (C=O) groups is 1. The maximum atomic E-state index is 11.3. The van der Waals surface area contributed by atoms with Gasteiger partial charge in [0.05, 0.1) is 13.2 Å². The number of hydrogen-bond acceptors (Lipinski definition) is 2. The van der Waals surface area contributed by atoms with Crippen LogP contribution in [0.15, 0.2) is 36.4 Å². The first-order chi connectivity index (χ1) is 8.79. The number of urea groups is 1. The van der Waals surface area contributed by atoms with E-state index in [9.17, 15) is 4.79 Å². The molecule has 0 aromatic heterocycles. The molecule has 2 N–H and O–H groups in total. The number of fused-ring (bicyclic) bond motifs is 1. The summed E-state index contributed by atoms with van der Waals surface area (Å²) in [7, 11) is 1.65. The van der Waals surface area contributed by atoms with Crippen molar-refractivity contribution in [3.8, 4) is 5.75 Å². The first-order valence-electron chi connectivity index (χ1n) is 5.89. The van der Waals surface area contributed by atoms with Crippen molar-refractivity contribution in [2.45, 2.75) is 6.04 Å². The van der Waals surface area contributed by atoms with Gasteiger partial charge >= 0.3 is 6.03 Å². The van der Waals surface area contributed by atoms with Gasteiger partial charge in [0, 0.05) is 12.1 Å². The minimum Gasteiger partial charge on any atom is -0.496 e. The molecule has 1 aliphatic heterocycles. The van der Waals surface area contributed by atoms with E-state index in [1.54, 1.807) is 7.11 Å². The Morgan fingerprint density at radius 3 is 2.78 bits per heavy atom. The van der Waals surface area contributed by atoms with Crippen molar-refractivity contribution in [3.05, 3.63) is 42.0 Å². The predicted octanol–water partition coefficient (Wildman–Crippen LogP) is 2.20. The van der Waals surface area contributed by atoms with Crippen LogP contribution < -0.4 is 15.4 Å². The molecular weight excluding hydrogens is 228 g/mol. The molecule has 3 rings (SSSR count). The average molecular weight is 242 g/mol. The summed E-state index contributed by atoms with van der Waals surface area (Å²) in [4.78, 5) is 11.3. The Hall–Kier alpha value is -2.23. The number of ether oxygens (including phenoxy) is 1. The van der Waals surface area contributed by atoms with Gasteiger partial charge in [0.15, 0.2) is 0 Å². The number of amides is 2. The van der Waals surface area contributed by atoms with Crippen molar-refractivity contribution in [1.29, 1.82) is 0 Å². The number of methoxy groups -OCH3 is 1. The molecule has 0 unspecified atom stereocenters. The molecule has 4 heteroatoms. The molecule has 0 aliphatic carbocycles. The Morgan fingerprint density at radius 2 is 2.06 bits per heavy atom. The van der Waals surface area contributed by atoms with E-state index in [1.165, 1.54) is 0 Å². The highest BCUT2D eigenvalue weighted by Crippen LogP contribution is 2.33. The molecule has 1 saturated heterocycles. The Labute approximate surface area is 105 Å². The molecule has 0 radical (unpaired) electrons. The van der Waals surface area contributed by atoms with E-state index in [0.717, 1.165) is 22.1 Å². The SMILES string of the molecule is COc1ccc2ccccc2c1[C@@H]1CNC(=O)N1. The van der Waals surface area contributed by atoms with Gasteiger partial charge in [0.25, 0.3) is 0 Å². The van der Waals surface area contributed by atoms with Gasteiger partial charge in [-0.05, 0) is 16.8 Å². The lowest BCUT2D eigenvalue weighted by molar-refractivity contribution is 0.247. The van der Waals surface area contributed by atoms with Crippen molar-refractivity contribution in [1.82, 2.24) is 10.6 Å². The molecule has 1 aliphatic rings. The highest BCUT2D eigenvalue weighted by molar-refractivity contribution is 5.89. The maximum Gasteiger partial charge on any atom is 0.315 e. The second kappa shape index (κ2) is 4.22. The van der Waals surface area contributed by atoms with Gasteiger partial charge in [-0.15, -0.1) is 0 Å². The number of nitrogens with one attached hydrogen (secondary N) is 2. The van der Waals surface area contributed by atoms with Crippen molar-refractivity contribution in [2.75, 3.05) is 13.7 Å². The second-order valence-corrected chi connectivity index (χ2v) is 4.31. The van der Waals surface area contributed by atoms with E-state index in [1.807, 2.05) is 24.3 Å². The third-order valence-corrected chi connectivity index (χ3v) is 3.27. The van der Waals surface area contributed by atoms with Crippen LogP contribution in [0.25, 0.3) is 10.8 Å². The predicted molar refractivity (Wildman–Crippen MR) is 69.8 cm³/mol. The second-order valence-electron chi connectivity index (χ2n) is 4.31. The van der Waals surface area contributed by atoms with Crippen LogP contribution in [0.5, 0.6) is 5.75 Å². The lowest BCUT2D eigenvalue weighted by atomic mass is 9.98. The van der Waals surface area contributed by atoms with Crippen LogP contribution in [0.3, 0.4) is 0 Å². The molecular formula is C14H14N2O2. The molecule has 0 saturated carbocycles. The summed E-state index contributed by atoms with van der Waals surface area (Å²) in [6.45, 7) is 0.587. The monoisotopic (exact) mass is 242 g/mol. The summed E-state index contributed by atoms with van der Waals surface area (Å²) in [5, 5.41) is 7.95. The molecule has 0 bridgehead atoms. The van der Waals surface area contributed by atoms with Gasteiger partial charge in [-0.1, -0.05) is 30.3 Å². The Bertz CT molecular complexity index is 610. The van der Waals surface area contributed by atoms with Crippen LogP contribution in [0.2, 0.25) is 0 Å². The first kappa shape index (κ1) is 10.9. The highest BCUT2D eigenvalue weighted by atomic mass is 16.5. The molecule has 1 fully saturated rings. The minimum atomic E-state index is -0.130. The fourth-order valence-corrected chi connectivity index (χ4v) is 2.44.